The van der Waals surface area contributed by atoms with Gasteiger partial charge in [-0.3, -0.25) is 19.2 Å². The van der Waals surface area contributed by atoms with Gasteiger partial charge in [0.25, 0.3) is 10.0 Å². The van der Waals surface area contributed by atoms with Crippen molar-refractivity contribution in [2.24, 2.45) is 23.7 Å². The van der Waals surface area contributed by atoms with E-state index in [0.717, 1.165) is 0 Å². The van der Waals surface area contributed by atoms with Crippen LogP contribution >= 0.6 is 0 Å². The molecule has 1 aliphatic heterocycles. The Hall–Kier alpha value is -3.27. The highest BCUT2D eigenvalue weighted by Gasteiger charge is 2.43. The summed E-state index contributed by atoms with van der Waals surface area (Å²) < 4.78 is 39.7. The number of amides is 4. The lowest BCUT2D eigenvalue weighted by Crippen LogP contribution is -2.59. The van der Waals surface area contributed by atoms with E-state index in [0.29, 0.717) is 31.5 Å². The van der Waals surface area contributed by atoms with E-state index in [2.05, 4.69) is 15.4 Å². The van der Waals surface area contributed by atoms with Crippen molar-refractivity contribution in [3.63, 3.8) is 0 Å². The number of ether oxygens (including phenoxy) is 2. The monoisotopic (exact) mass is 738 g/mol. The Labute approximate surface area is 305 Å². The maximum Gasteiger partial charge on any atom is 0.264 e. The van der Waals surface area contributed by atoms with E-state index < -0.39 is 58.2 Å². The molecule has 4 amide bonds. The molecular formula is C36H62N6O8S. The van der Waals surface area contributed by atoms with E-state index in [1.54, 1.807) is 30.8 Å². The van der Waals surface area contributed by atoms with Crippen molar-refractivity contribution in [1.82, 2.24) is 25.2 Å². The van der Waals surface area contributed by atoms with E-state index in [-0.39, 0.29) is 46.8 Å². The number of nitrogens with one attached hydrogen (secondary N) is 3. The van der Waals surface area contributed by atoms with Gasteiger partial charge in [0.2, 0.25) is 23.6 Å². The number of nitrogens with zero attached hydrogens (tertiary/aromatic N) is 2. The predicted molar refractivity (Wildman–Crippen MR) is 197 cm³/mol. The highest BCUT2D eigenvalue weighted by Crippen LogP contribution is 2.30. The van der Waals surface area contributed by atoms with Crippen LogP contribution in [0.4, 0.5) is 5.69 Å². The number of likely N-dealkylation sites (N-methyl/N-ethyl adjacent to an activating group) is 2. The van der Waals surface area contributed by atoms with Crippen LogP contribution in [0.15, 0.2) is 29.2 Å². The normalized spacial score (nSPS) is 19.2. The summed E-state index contributed by atoms with van der Waals surface area (Å²) in [7, 11) is 2.19. The summed E-state index contributed by atoms with van der Waals surface area (Å²) in [4.78, 5) is 57.8. The number of likely N-dealkylation sites (tertiary alicyclic amines) is 1. The maximum absolute atomic E-state index is 14.1. The minimum absolute atomic E-state index is 0.0134. The highest BCUT2D eigenvalue weighted by molar-refractivity contribution is 7.90. The molecule has 1 aromatic carbocycles. The van der Waals surface area contributed by atoms with Gasteiger partial charge in [0.15, 0.2) is 0 Å². The number of carbonyl (C=O) groups excluding carboxylic acids is 4. The van der Waals surface area contributed by atoms with Crippen LogP contribution in [-0.2, 0) is 38.7 Å². The van der Waals surface area contributed by atoms with Gasteiger partial charge in [0.05, 0.1) is 47.6 Å². The first-order valence-electron chi connectivity index (χ1n) is 17.9. The molecule has 14 nitrogen and oxygen atoms in total. The Kier molecular flexibility index (Phi) is 16.8. The van der Waals surface area contributed by atoms with Gasteiger partial charge in [-0.1, -0.05) is 54.9 Å². The van der Waals surface area contributed by atoms with Gasteiger partial charge in [0.1, 0.15) is 6.04 Å². The third-order valence-corrected chi connectivity index (χ3v) is 11.5. The number of nitrogen functional groups attached to an aromatic ring is 1. The van der Waals surface area contributed by atoms with Crippen LogP contribution in [0, 0.1) is 23.7 Å². The average molecular weight is 739 g/mol. The number of methoxy groups -OCH3 is 2. The van der Waals surface area contributed by atoms with Gasteiger partial charge in [-0.05, 0) is 61.9 Å². The van der Waals surface area contributed by atoms with Crippen LogP contribution in [0.2, 0.25) is 0 Å². The van der Waals surface area contributed by atoms with Gasteiger partial charge in [-0.25, -0.2) is 13.1 Å². The molecule has 0 bridgehead atoms. The molecule has 0 saturated carbocycles. The number of carbonyl (C=O) groups is 4. The number of nitrogens with two attached hydrogens (primary N) is 1. The van der Waals surface area contributed by atoms with Gasteiger partial charge in [-0.15, -0.1) is 0 Å². The summed E-state index contributed by atoms with van der Waals surface area (Å²) in [6.45, 7) is 13.6. The van der Waals surface area contributed by atoms with Gasteiger partial charge >= 0.3 is 0 Å². The van der Waals surface area contributed by atoms with Gasteiger partial charge in [-0.2, -0.15) is 0 Å². The van der Waals surface area contributed by atoms with Crippen molar-refractivity contribution in [1.29, 1.82) is 0 Å². The summed E-state index contributed by atoms with van der Waals surface area (Å²) in [5.41, 5.74) is 6.06. The largest absolute Gasteiger partial charge is 0.399 e. The lowest BCUT2D eigenvalue weighted by atomic mass is 9.89. The molecule has 1 aromatic rings. The van der Waals surface area contributed by atoms with E-state index in [9.17, 15) is 27.6 Å². The molecule has 0 unspecified atom stereocenters. The number of anilines is 1. The second-order valence-corrected chi connectivity index (χ2v) is 16.1. The summed E-state index contributed by atoms with van der Waals surface area (Å²) in [6, 6.07) is 3.24. The third kappa shape index (κ3) is 11.1. The minimum atomic E-state index is -4.17. The quantitative estimate of drug-likeness (QED) is 0.154. The van der Waals surface area contributed by atoms with Crippen LogP contribution in [0.25, 0.3) is 0 Å². The van der Waals surface area contributed by atoms with E-state index in [1.165, 1.54) is 38.5 Å². The molecule has 0 aliphatic carbocycles. The van der Waals surface area contributed by atoms with Crippen molar-refractivity contribution >= 4 is 39.3 Å². The minimum Gasteiger partial charge on any atom is -0.399 e. The smallest absolute Gasteiger partial charge is 0.264 e. The number of benzene rings is 1. The summed E-state index contributed by atoms with van der Waals surface area (Å²) in [5, 5.41) is 5.98. The van der Waals surface area contributed by atoms with Crippen LogP contribution < -0.4 is 21.1 Å². The molecule has 1 fully saturated rings. The third-order valence-electron chi connectivity index (χ3n) is 10.2. The fraction of sp³-hybridized carbons (Fsp3) is 0.722. The standard InChI is InChI=1S/C36H62N6O8S/c1-12-23(6)32(41(9)36(46)31(22(4)5)39-35(45)30(38-8)21(2)3)28(49-10)20-29(43)42-19-13-14-27(42)33(50-11)24(7)34(44)40-51(47,48)26-17-15-25(37)16-18-26/h15-18,21-24,27-28,30-33,38H,12-14,19-20,37H2,1-11H3,(H,39,45)(H,40,44)/t23-,24+,27-,28+,30-,31-,32-,33+/m0/s1. The van der Waals surface area contributed by atoms with Crippen molar-refractivity contribution in [2.45, 2.75) is 115 Å². The number of sulfonamides is 1. The molecule has 51 heavy (non-hydrogen) atoms. The molecule has 8 atom stereocenters. The average Bonchev–Trinajstić information content (AvgIpc) is 3.56. The zero-order valence-electron chi connectivity index (χ0n) is 32.3. The summed E-state index contributed by atoms with van der Waals surface area (Å²) >= 11 is 0. The second-order valence-electron chi connectivity index (χ2n) is 14.4. The fourth-order valence-corrected chi connectivity index (χ4v) is 8.04. The molecule has 1 aliphatic rings. The number of rotatable bonds is 19. The molecule has 0 aromatic heterocycles. The molecule has 0 radical (unpaired) electrons. The Bertz CT molecular complexity index is 1420. The maximum atomic E-state index is 14.1. The van der Waals surface area contributed by atoms with Crippen molar-refractivity contribution in [2.75, 3.05) is 40.6 Å². The second kappa shape index (κ2) is 19.5. The molecule has 290 valence electrons. The lowest BCUT2D eigenvalue weighted by Gasteiger charge is -2.41. The SMILES string of the molecule is CC[C@H](C)[C@@H]([C@@H](CC(=O)N1CCC[C@H]1[C@H](OC)[C@@H](C)C(=O)NS(=O)(=O)c1ccc(N)cc1)OC)N(C)C(=O)[C@@H](NC(=O)[C@@H](NC)C(C)C)C(C)C. The van der Waals surface area contributed by atoms with E-state index in [1.807, 2.05) is 41.5 Å². The molecular weight excluding hydrogens is 676 g/mol. The lowest BCUT2D eigenvalue weighted by molar-refractivity contribution is -0.147. The van der Waals surface area contributed by atoms with Crippen molar-refractivity contribution in [3.8, 4) is 0 Å². The molecule has 1 saturated heterocycles. The van der Waals surface area contributed by atoms with Crippen molar-refractivity contribution < 1.29 is 37.1 Å². The Morgan fingerprint density at radius 3 is 2.04 bits per heavy atom. The Morgan fingerprint density at radius 2 is 1.55 bits per heavy atom. The predicted octanol–water partition coefficient (Wildman–Crippen LogP) is 2.38. The first kappa shape index (κ1) is 43.9. The summed E-state index contributed by atoms with van der Waals surface area (Å²) in [5.74, 6) is -2.70. The first-order valence-corrected chi connectivity index (χ1v) is 19.4. The van der Waals surface area contributed by atoms with Crippen LogP contribution in [-0.4, -0.2) is 113 Å². The number of hydrogen-bond donors (Lipinski definition) is 4. The molecule has 15 heteroatoms. The first-order chi connectivity index (χ1) is 23.9. The molecule has 2 rings (SSSR count). The molecule has 0 spiro atoms. The Balaban J connectivity index is 2.28. The van der Waals surface area contributed by atoms with E-state index in [4.69, 9.17) is 15.2 Å². The van der Waals surface area contributed by atoms with Crippen LogP contribution in [0.1, 0.15) is 74.1 Å². The number of hydrogen-bond acceptors (Lipinski definition) is 10. The fourth-order valence-electron chi connectivity index (χ4n) is 6.98. The van der Waals surface area contributed by atoms with E-state index >= 15 is 0 Å². The highest BCUT2D eigenvalue weighted by atomic mass is 32.2. The van der Waals surface area contributed by atoms with Gasteiger partial charge < -0.3 is 35.6 Å². The van der Waals surface area contributed by atoms with Crippen LogP contribution in [0.5, 0.6) is 0 Å². The topological polar surface area (TPSA) is 189 Å². The zero-order valence-corrected chi connectivity index (χ0v) is 33.1. The molecule has 1 heterocycles. The van der Waals surface area contributed by atoms with Crippen LogP contribution in [0.3, 0.4) is 0 Å². The molecule has 5 N–H and O–H groups in total. The van der Waals surface area contributed by atoms with Crippen molar-refractivity contribution in [3.05, 3.63) is 24.3 Å². The summed E-state index contributed by atoms with van der Waals surface area (Å²) in [6.07, 6.45) is 0.398. The Morgan fingerprint density at radius 1 is 0.961 bits per heavy atom. The van der Waals surface area contributed by atoms with Gasteiger partial charge in [0, 0.05) is 33.5 Å². The zero-order chi connectivity index (χ0) is 38.8.